The molecule has 21 heavy (non-hydrogen) atoms. The molecule has 2 heteroatoms. The van der Waals surface area contributed by atoms with Crippen LogP contribution in [0.4, 0.5) is 0 Å². The average molecular weight is 284 g/mol. The Morgan fingerprint density at radius 1 is 1.19 bits per heavy atom. The number of nitrogens with one attached hydrogen (secondary N) is 1. The summed E-state index contributed by atoms with van der Waals surface area (Å²) in [5, 5.41) is 4.02. The highest BCUT2D eigenvalue weighted by atomic mass is 15.3. The summed E-state index contributed by atoms with van der Waals surface area (Å²) in [6.07, 6.45) is 8.16. The molecule has 1 aromatic rings. The zero-order valence-corrected chi connectivity index (χ0v) is 13.4. The molecule has 1 aliphatic carbocycles. The largest absolute Gasteiger partial charge is 0.309 e. The van der Waals surface area contributed by atoms with Gasteiger partial charge in [0.25, 0.3) is 0 Å². The summed E-state index contributed by atoms with van der Waals surface area (Å²) in [5.74, 6) is 0. The Labute approximate surface area is 128 Å². The number of nitrogens with zero attached hydrogens (tertiary/aromatic N) is 1. The van der Waals surface area contributed by atoms with Crippen molar-refractivity contribution in [3.8, 4) is 0 Å². The van der Waals surface area contributed by atoms with Crippen LogP contribution in [-0.4, -0.2) is 36.1 Å². The zero-order valence-electron chi connectivity index (χ0n) is 13.4. The molecule has 2 aliphatic heterocycles. The summed E-state index contributed by atoms with van der Waals surface area (Å²) in [4.78, 5) is 2.74. The van der Waals surface area contributed by atoms with Crippen LogP contribution >= 0.6 is 0 Å². The Morgan fingerprint density at radius 3 is 2.76 bits per heavy atom. The van der Waals surface area contributed by atoms with Crippen LogP contribution in [0.3, 0.4) is 0 Å². The van der Waals surface area contributed by atoms with Gasteiger partial charge in [0, 0.05) is 24.2 Å². The summed E-state index contributed by atoms with van der Waals surface area (Å²) < 4.78 is 0. The van der Waals surface area contributed by atoms with Gasteiger partial charge in [-0.1, -0.05) is 50.1 Å². The maximum atomic E-state index is 4.02. The number of hydrogen-bond acceptors (Lipinski definition) is 2. The first-order valence-electron chi connectivity index (χ1n) is 8.70. The third-order valence-electron chi connectivity index (χ3n) is 6.62. The second kappa shape index (κ2) is 5.10. The van der Waals surface area contributed by atoms with E-state index in [0.717, 1.165) is 12.1 Å². The minimum absolute atomic E-state index is 0.503. The van der Waals surface area contributed by atoms with Crippen LogP contribution in [-0.2, 0) is 6.42 Å². The van der Waals surface area contributed by atoms with E-state index in [-0.39, 0.29) is 0 Å². The summed E-state index contributed by atoms with van der Waals surface area (Å²) in [5.41, 5.74) is 1.99. The lowest BCUT2D eigenvalue weighted by atomic mass is 9.69. The van der Waals surface area contributed by atoms with Crippen molar-refractivity contribution in [1.82, 2.24) is 10.2 Å². The third-order valence-corrected chi connectivity index (χ3v) is 6.62. The quantitative estimate of drug-likeness (QED) is 0.897. The number of likely N-dealkylation sites (N-methyl/N-ethyl adjacent to an activating group) is 1. The lowest BCUT2D eigenvalue weighted by molar-refractivity contribution is 0.0175. The topological polar surface area (TPSA) is 15.3 Å². The molecule has 1 saturated carbocycles. The van der Waals surface area contributed by atoms with Crippen molar-refractivity contribution in [3.63, 3.8) is 0 Å². The number of fused-ring (bicyclic) bond motifs is 1. The van der Waals surface area contributed by atoms with Gasteiger partial charge in [-0.2, -0.15) is 0 Å². The van der Waals surface area contributed by atoms with Crippen LogP contribution in [0.2, 0.25) is 0 Å². The second-order valence-corrected chi connectivity index (χ2v) is 7.76. The molecule has 3 fully saturated rings. The Kier molecular flexibility index (Phi) is 3.35. The van der Waals surface area contributed by atoms with Crippen LogP contribution in [0, 0.1) is 5.41 Å². The van der Waals surface area contributed by atoms with E-state index < -0.39 is 0 Å². The fourth-order valence-corrected chi connectivity index (χ4v) is 5.49. The van der Waals surface area contributed by atoms with Gasteiger partial charge in [-0.3, -0.25) is 4.90 Å². The van der Waals surface area contributed by atoms with E-state index >= 15 is 0 Å². The van der Waals surface area contributed by atoms with Gasteiger partial charge in [0.2, 0.25) is 0 Å². The number of piperidine rings is 1. The molecular weight excluding hydrogens is 256 g/mol. The van der Waals surface area contributed by atoms with Gasteiger partial charge < -0.3 is 5.32 Å². The molecule has 0 aromatic heterocycles. The maximum Gasteiger partial charge on any atom is 0.0290 e. The molecule has 2 nitrogen and oxygen atoms in total. The van der Waals surface area contributed by atoms with Gasteiger partial charge in [-0.25, -0.2) is 0 Å². The normalized spacial score (nSPS) is 42.8. The Morgan fingerprint density at radius 2 is 1.95 bits per heavy atom. The van der Waals surface area contributed by atoms with E-state index in [2.05, 4.69) is 54.5 Å². The van der Waals surface area contributed by atoms with Crippen molar-refractivity contribution in [2.45, 2.75) is 69.6 Å². The third kappa shape index (κ3) is 2.15. The fraction of sp³-hybridized carbons (Fsp3) is 0.684. The number of likely N-dealkylation sites (tertiary alicyclic amines) is 1. The van der Waals surface area contributed by atoms with E-state index in [1.807, 2.05) is 0 Å². The molecule has 0 spiro atoms. The molecular formula is C19H28N2. The average Bonchev–Trinajstić information content (AvgIpc) is 2.69. The lowest BCUT2D eigenvalue weighted by Gasteiger charge is -2.49. The Balaban J connectivity index is 1.62. The number of rotatable bonds is 2. The molecule has 2 bridgehead atoms. The van der Waals surface area contributed by atoms with E-state index in [1.165, 1.54) is 44.1 Å². The predicted octanol–water partition coefficient (Wildman–Crippen LogP) is 3.22. The van der Waals surface area contributed by atoms with Crippen molar-refractivity contribution in [2.24, 2.45) is 5.41 Å². The van der Waals surface area contributed by atoms with Crippen LogP contribution in [0.5, 0.6) is 0 Å². The number of benzene rings is 1. The van der Waals surface area contributed by atoms with E-state index in [9.17, 15) is 0 Å². The van der Waals surface area contributed by atoms with Gasteiger partial charge in [-0.15, -0.1) is 0 Å². The highest BCUT2D eigenvalue weighted by Crippen LogP contribution is 2.50. The van der Waals surface area contributed by atoms with Crippen LogP contribution in [0.25, 0.3) is 0 Å². The minimum atomic E-state index is 0.503. The van der Waals surface area contributed by atoms with Gasteiger partial charge in [0.05, 0.1) is 0 Å². The molecule has 0 unspecified atom stereocenters. The molecule has 2 saturated heterocycles. The molecule has 2 heterocycles. The molecule has 0 radical (unpaired) electrons. The van der Waals surface area contributed by atoms with Crippen LogP contribution in [0.15, 0.2) is 30.3 Å². The van der Waals surface area contributed by atoms with Gasteiger partial charge >= 0.3 is 0 Å². The Bertz CT molecular complexity index is 500. The SMILES string of the molecule is CN1[C@H](Cc2ccccc2)[C@@H]2C[C@@]3(C)[C@H](CCCC[C@@H]13)N2. The minimum Gasteiger partial charge on any atom is -0.309 e. The molecule has 4 rings (SSSR count). The van der Waals surface area contributed by atoms with Crippen molar-refractivity contribution in [3.05, 3.63) is 35.9 Å². The Hall–Kier alpha value is -0.860. The first-order valence-corrected chi connectivity index (χ1v) is 8.70. The van der Waals surface area contributed by atoms with E-state index in [4.69, 9.17) is 0 Å². The molecule has 0 amide bonds. The van der Waals surface area contributed by atoms with E-state index in [0.29, 0.717) is 17.5 Å². The molecule has 5 atom stereocenters. The van der Waals surface area contributed by atoms with Gasteiger partial charge in [0.1, 0.15) is 0 Å². The smallest absolute Gasteiger partial charge is 0.0290 e. The molecule has 1 aromatic carbocycles. The highest BCUT2D eigenvalue weighted by Gasteiger charge is 2.56. The zero-order chi connectivity index (χ0) is 14.4. The van der Waals surface area contributed by atoms with Crippen LogP contribution in [0.1, 0.15) is 44.6 Å². The molecule has 114 valence electrons. The number of hydrogen-bond donors (Lipinski definition) is 1. The summed E-state index contributed by atoms with van der Waals surface area (Å²) in [6, 6.07) is 13.9. The maximum absolute atomic E-state index is 4.02. The van der Waals surface area contributed by atoms with Crippen molar-refractivity contribution < 1.29 is 0 Å². The predicted molar refractivity (Wildman–Crippen MR) is 87.4 cm³/mol. The first-order chi connectivity index (χ1) is 10.2. The first kappa shape index (κ1) is 13.8. The lowest BCUT2D eigenvalue weighted by Crippen LogP contribution is -2.57. The second-order valence-electron chi connectivity index (χ2n) is 7.76. The van der Waals surface area contributed by atoms with Crippen molar-refractivity contribution >= 4 is 0 Å². The molecule has 3 aliphatic rings. The highest BCUT2D eigenvalue weighted by molar-refractivity contribution is 5.20. The van der Waals surface area contributed by atoms with E-state index in [1.54, 1.807) is 0 Å². The van der Waals surface area contributed by atoms with Crippen LogP contribution < -0.4 is 5.32 Å². The summed E-state index contributed by atoms with van der Waals surface area (Å²) >= 11 is 0. The standard InChI is InChI=1S/C19H28N2/c1-19-13-15-16(12-14-8-4-3-5-9-14)21(2)18(19)11-7-6-10-17(19)20-15/h3-5,8-9,15-18,20H,6-7,10-13H2,1-2H3/t15-,16+,17-,18+,19-/m0/s1. The van der Waals surface area contributed by atoms with Gasteiger partial charge in [0.15, 0.2) is 0 Å². The summed E-state index contributed by atoms with van der Waals surface area (Å²) in [6.45, 7) is 2.55. The van der Waals surface area contributed by atoms with Gasteiger partial charge in [-0.05, 0) is 43.7 Å². The van der Waals surface area contributed by atoms with Crippen molar-refractivity contribution in [2.75, 3.05) is 7.05 Å². The van der Waals surface area contributed by atoms with Crippen molar-refractivity contribution in [1.29, 1.82) is 0 Å². The summed E-state index contributed by atoms with van der Waals surface area (Å²) in [7, 11) is 2.39. The fourth-order valence-electron chi connectivity index (χ4n) is 5.49. The monoisotopic (exact) mass is 284 g/mol. The molecule has 1 N–H and O–H groups in total.